The van der Waals surface area contributed by atoms with E-state index in [0.29, 0.717) is 6.54 Å². The number of anilines is 1. The van der Waals surface area contributed by atoms with Gasteiger partial charge < -0.3 is 15.4 Å². The SMILES string of the molecule is Cc1cc(NC(C)CNC(=O)OC(C)(C)C)cnc1Br. The first-order valence-electron chi connectivity index (χ1n) is 6.53. The van der Waals surface area contributed by atoms with Gasteiger partial charge >= 0.3 is 6.09 Å². The van der Waals surface area contributed by atoms with E-state index in [1.807, 2.05) is 40.7 Å². The molecule has 6 heteroatoms. The molecule has 1 unspecified atom stereocenters. The molecule has 1 aromatic heterocycles. The highest BCUT2D eigenvalue weighted by Gasteiger charge is 2.16. The summed E-state index contributed by atoms with van der Waals surface area (Å²) in [4.78, 5) is 15.8. The van der Waals surface area contributed by atoms with Gasteiger partial charge in [-0.25, -0.2) is 9.78 Å². The molecule has 112 valence electrons. The Bertz CT molecular complexity index is 472. The van der Waals surface area contributed by atoms with Crippen LogP contribution in [-0.2, 0) is 4.74 Å². The van der Waals surface area contributed by atoms with E-state index < -0.39 is 11.7 Å². The number of pyridine rings is 1. The molecule has 5 nitrogen and oxygen atoms in total. The van der Waals surface area contributed by atoms with Crippen LogP contribution in [0.25, 0.3) is 0 Å². The van der Waals surface area contributed by atoms with Gasteiger partial charge in [-0.3, -0.25) is 0 Å². The fraction of sp³-hybridized carbons (Fsp3) is 0.571. The molecule has 1 atom stereocenters. The Morgan fingerprint density at radius 3 is 2.70 bits per heavy atom. The molecular weight excluding hydrogens is 322 g/mol. The largest absolute Gasteiger partial charge is 0.444 e. The van der Waals surface area contributed by atoms with Crippen molar-refractivity contribution in [1.82, 2.24) is 10.3 Å². The lowest BCUT2D eigenvalue weighted by molar-refractivity contribution is 0.0526. The van der Waals surface area contributed by atoms with Crippen LogP contribution in [0.3, 0.4) is 0 Å². The van der Waals surface area contributed by atoms with Crippen LogP contribution in [0.5, 0.6) is 0 Å². The quantitative estimate of drug-likeness (QED) is 0.821. The van der Waals surface area contributed by atoms with Crippen molar-refractivity contribution in [2.24, 2.45) is 0 Å². The van der Waals surface area contributed by atoms with Crippen molar-refractivity contribution in [3.05, 3.63) is 22.4 Å². The Hall–Kier alpha value is -1.30. The minimum atomic E-state index is -0.479. The average Bonchev–Trinajstić information content (AvgIpc) is 2.29. The third kappa shape index (κ3) is 6.23. The molecule has 1 amide bonds. The van der Waals surface area contributed by atoms with E-state index in [0.717, 1.165) is 15.9 Å². The van der Waals surface area contributed by atoms with Gasteiger partial charge in [0.2, 0.25) is 0 Å². The Morgan fingerprint density at radius 2 is 2.15 bits per heavy atom. The summed E-state index contributed by atoms with van der Waals surface area (Å²) >= 11 is 3.36. The van der Waals surface area contributed by atoms with Crippen molar-refractivity contribution in [1.29, 1.82) is 0 Å². The third-order valence-electron chi connectivity index (χ3n) is 2.38. The van der Waals surface area contributed by atoms with Crippen molar-refractivity contribution in [2.75, 3.05) is 11.9 Å². The van der Waals surface area contributed by atoms with E-state index in [2.05, 4.69) is 31.5 Å². The standard InChI is InChI=1S/C14H22BrN3O2/c1-9-6-11(8-16-12(9)15)18-10(2)7-17-13(19)20-14(3,4)5/h6,8,10,18H,7H2,1-5H3,(H,17,19). The second-order valence-electron chi connectivity index (χ2n) is 5.76. The van der Waals surface area contributed by atoms with Crippen LogP contribution in [0, 0.1) is 6.92 Å². The molecule has 0 aliphatic rings. The number of ether oxygens (including phenoxy) is 1. The number of nitrogens with one attached hydrogen (secondary N) is 2. The summed E-state index contributed by atoms with van der Waals surface area (Å²) in [6, 6.07) is 2.08. The van der Waals surface area contributed by atoms with Gasteiger partial charge in [0, 0.05) is 12.6 Å². The Morgan fingerprint density at radius 1 is 1.50 bits per heavy atom. The van der Waals surface area contributed by atoms with Gasteiger partial charge in [-0.15, -0.1) is 0 Å². The molecule has 0 radical (unpaired) electrons. The van der Waals surface area contributed by atoms with Gasteiger partial charge in [0.05, 0.1) is 11.9 Å². The summed E-state index contributed by atoms with van der Waals surface area (Å²) in [7, 11) is 0. The molecule has 0 bridgehead atoms. The molecule has 1 aromatic rings. The predicted octanol–water partition coefficient (Wildman–Crippen LogP) is 3.48. The maximum atomic E-state index is 11.5. The lowest BCUT2D eigenvalue weighted by Gasteiger charge is -2.21. The van der Waals surface area contributed by atoms with Crippen molar-refractivity contribution in [3.63, 3.8) is 0 Å². The summed E-state index contributed by atoms with van der Waals surface area (Å²) in [6.45, 7) is 9.95. The van der Waals surface area contributed by atoms with E-state index in [1.165, 1.54) is 0 Å². The van der Waals surface area contributed by atoms with Gasteiger partial charge in [-0.1, -0.05) is 0 Å². The van der Waals surface area contributed by atoms with Gasteiger partial charge in [0.25, 0.3) is 0 Å². The van der Waals surface area contributed by atoms with Gasteiger partial charge in [0.1, 0.15) is 10.2 Å². The number of halogens is 1. The zero-order valence-electron chi connectivity index (χ0n) is 12.6. The molecule has 1 rings (SSSR count). The molecule has 0 fully saturated rings. The van der Waals surface area contributed by atoms with Crippen LogP contribution in [0.4, 0.5) is 10.5 Å². The Balaban J connectivity index is 2.42. The highest BCUT2D eigenvalue weighted by molar-refractivity contribution is 9.10. The second kappa shape index (κ2) is 6.92. The van der Waals surface area contributed by atoms with Crippen LogP contribution >= 0.6 is 15.9 Å². The number of rotatable bonds is 4. The number of hydrogen-bond donors (Lipinski definition) is 2. The molecule has 0 saturated carbocycles. The van der Waals surface area contributed by atoms with Crippen molar-refractivity contribution < 1.29 is 9.53 Å². The third-order valence-corrected chi connectivity index (χ3v) is 3.21. The molecule has 0 aliphatic heterocycles. The molecular formula is C14H22BrN3O2. The summed E-state index contributed by atoms with van der Waals surface area (Å²) in [5.74, 6) is 0. The number of nitrogens with zero attached hydrogens (tertiary/aromatic N) is 1. The number of hydrogen-bond acceptors (Lipinski definition) is 4. The van der Waals surface area contributed by atoms with Crippen molar-refractivity contribution >= 4 is 27.7 Å². The molecule has 0 saturated heterocycles. The van der Waals surface area contributed by atoms with Crippen molar-refractivity contribution in [3.8, 4) is 0 Å². The van der Waals surface area contributed by atoms with Gasteiger partial charge in [0.15, 0.2) is 0 Å². The topological polar surface area (TPSA) is 63.2 Å². The number of aromatic nitrogens is 1. The number of aryl methyl sites for hydroxylation is 1. The van der Waals surface area contributed by atoms with E-state index >= 15 is 0 Å². The summed E-state index contributed by atoms with van der Waals surface area (Å²) < 4.78 is 6.01. The fourth-order valence-corrected chi connectivity index (χ4v) is 1.74. The number of amides is 1. The van der Waals surface area contributed by atoms with E-state index in [-0.39, 0.29) is 6.04 Å². The fourth-order valence-electron chi connectivity index (χ4n) is 1.52. The number of carbonyl (C=O) groups excluding carboxylic acids is 1. The minimum Gasteiger partial charge on any atom is -0.444 e. The number of carbonyl (C=O) groups is 1. The zero-order valence-corrected chi connectivity index (χ0v) is 14.2. The Kier molecular flexibility index (Phi) is 5.80. The van der Waals surface area contributed by atoms with E-state index in [1.54, 1.807) is 6.20 Å². The molecule has 2 N–H and O–H groups in total. The first kappa shape index (κ1) is 16.8. The van der Waals surface area contributed by atoms with Crippen LogP contribution in [0.1, 0.15) is 33.3 Å². The summed E-state index contributed by atoms with van der Waals surface area (Å²) in [5, 5.41) is 6.01. The second-order valence-corrected chi connectivity index (χ2v) is 6.51. The lowest BCUT2D eigenvalue weighted by Crippen LogP contribution is -2.38. The Labute approximate surface area is 128 Å². The average molecular weight is 344 g/mol. The molecule has 0 spiro atoms. The summed E-state index contributed by atoms with van der Waals surface area (Å²) in [6.07, 6.45) is 1.34. The molecule has 0 aromatic carbocycles. The molecule has 1 heterocycles. The maximum Gasteiger partial charge on any atom is 0.407 e. The molecule has 20 heavy (non-hydrogen) atoms. The monoisotopic (exact) mass is 343 g/mol. The predicted molar refractivity (Wildman–Crippen MR) is 84.0 cm³/mol. The van der Waals surface area contributed by atoms with Gasteiger partial charge in [-0.05, 0) is 62.2 Å². The van der Waals surface area contributed by atoms with Crippen LogP contribution < -0.4 is 10.6 Å². The first-order valence-corrected chi connectivity index (χ1v) is 7.32. The highest BCUT2D eigenvalue weighted by Crippen LogP contribution is 2.17. The van der Waals surface area contributed by atoms with E-state index in [4.69, 9.17) is 4.74 Å². The summed E-state index contributed by atoms with van der Waals surface area (Å²) in [5.41, 5.74) is 1.50. The normalized spacial score (nSPS) is 12.7. The van der Waals surface area contributed by atoms with Gasteiger partial charge in [-0.2, -0.15) is 0 Å². The highest BCUT2D eigenvalue weighted by atomic mass is 79.9. The molecule has 0 aliphatic carbocycles. The van der Waals surface area contributed by atoms with Crippen LogP contribution in [0.15, 0.2) is 16.9 Å². The minimum absolute atomic E-state index is 0.0740. The van der Waals surface area contributed by atoms with Crippen LogP contribution in [0.2, 0.25) is 0 Å². The maximum absolute atomic E-state index is 11.5. The number of alkyl carbamates (subject to hydrolysis) is 1. The smallest absolute Gasteiger partial charge is 0.407 e. The van der Waals surface area contributed by atoms with Crippen molar-refractivity contribution in [2.45, 2.75) is 46.3 Å². The van der Waals surface area contributed by atoms with Crippen LogP contribution in [-0.4, -0.2) is 29.3 Å². The first-order chi connectivity index (χ1) is 9.17. The zero-order chi connectivity index (χ0) is 15.3. The lowest BCUT2D eigenvalue weighted by atomic mass is 10.2. The van der Waals surface area contributed by atoms with E-state index in [9.17, 15) is 4.79 Å².